The van der Waals surface area contributed by atoms with E-state index < -0.39 is 23.7 Å². The molecule has 2 N–H and O–H groups in total. The molecule has 0 aliphatic carbocycles. The number of hydrogen-bond donors (Lipinski definition) is 2. The van der Waals surface area contributed by atoms with Gasteiger partial charge in [0.05, 0.1) is 16.6 Å². The van der Waals surface area contributed by atoms with Crippen molar-refractivity contribution < 1.29 is 19.1 Å². The van der Waals surface area contributed by atoms with Gasteiger partial charge in [0.15, 0.2) is 0 Å². The fourth-order valence-corrected chi connectivity index (χ4v) is 3.51. The van der Waals surface area contributed by atoms with Gasteiger partial charge in [-0.2, -0.15) is 0 Å². The van der Waals surface area contributed by atoms with Gasteiger partial charge in [-0.15, -0.1) is 0 Å². The summed E-state index contributed by atoms with van der Waals surface area (Å²) >= 11 is 5.92. The third-order valence-electron chi connectivity index (χ3n) is 4.26. The molecule has 0 spiro atoms. The minimum absolute atomic E-state index is 0.0663. The number of anilines is 1. The fraction of sp³-hybridized carbons (Fsp3) is 0.429. The summed E-state index contributed by atoms with van der Waals surface area (Å²) in [4.78, 5) is 25.1. The minimum Gasteiger partial charge on any atom is -0.481 e. The van der Waals surface area contributed by atoms with Crippen LogP contribution < -0.4 is 5.32 Å². The van der Waals surface area contributed by atoms with Crippen LogP contribution in [-0.2, 0) is 4.79 Å². The molecule has 2 aliphatic heterocycles. The molecule has 2 heterocycles. The first-order chi connectivity index (χ1) is 9.97. The summed E-state index contributed by atoms with van der Waals surface area (Å²) < 4.78 is 13.2. The van der Waals surface area contributed by atoms with Crippen LogP contribution >= 0.6 is 11.6 Å². The number of hydrogen-bond acceptors (Lipinski definition) is 2. The Morgan fingerprint density at radius 1 is 1.38 bits per heavy atom. The van der Waals surface area contributed by atoms with Gasteiger partial charge in [-0.25, -0.2) is 9.18 Å². The van der Waals surface area contributed by atoms with Gasteiger partial charge in [-0.1, -0.05) is 11.6 Å². The number of amides is 2. The molecule has 21 heavy (non-hydrogen) atoms. The first kappa shape index (κ1) is 14.1. The Labute approximate surface area is 125 Å². The molecule has 2 amide bonds. The van der Waals surface area contributed by atoms with Crippen molar-refractivity contribution in [2.45, 2.75) is 31.3 Å². The lowest BCUT2D eigenvalue weighted by molar-refractivity contribution is -0.142. The molecule has 0 aromatic heterocycles. The number of benzene rings is 1. The normalized spacial score (nSPS) is 27.0. The summed E-state index contributed by atoms with van der Waals surface area (Å²) in [7, 11) is 0. The Morgan fingerprint density at radius 3 is 2.81 bits per heavy atom. The number of nitrogens with one attached hydrogen (secondary N) is 1. The third-order valence-corrected chi connectivity index (χ3v) is 4.59. The number of halogens is 2. The van der Waals surface area contributed by atoms with Crippen molar-refractivity contribution >= 4 is 29.3 Å². The van der Waals surface area contributed by atoms with Crippen molar-refractivity contribution in [2.75, 3.05) is 5.32 Å². The molecular weight excluding hydrogens is 299 g/mol. The van der Waals surface area contributed by atoms with Crippen molar-refractivity contribution in [3.05, 3.63) is 29.0 Å². The zero-order valence-corrected chi connectivity index (χ0v) is 11.8. The maximum Gasteiger partial charge on any atom is 0.322 e. The third kappa shape index (κ3) is 2.44. The van der Waals surface area contributed by atoms with Crippen LogP contribution in [0, 0.1) is 11.7 Å². The number of fused-ring (bicyclic) bond motifs is 2. The van der Waals surface area contributed by atoms with Gasteiger partial charge in [-0.3, -0.25) is 4.79 Å². The van der Waals surface area contributed by atoms with Crippen LogP contribution in [0.4, 0.5) is 14.9 Å². The van der Waals surface area contributed by atoms with E-state index in [2.05, 4.69) is 5.32 Å². The largest absolute Gasteiger partial charge is 0.481 e. The molecule has 0 saturated carbocycles. The molecule has 2 bridgehead atoms. The Bertz CT molecular complexity index is 610. The second-order valence-electron chi connectivity index (χ2n) is 5.44. The number of carbonyl (C=O) groups excluding carboxylic acids is 1. The molecule has 2 fully saturated rings. The Balaban J connectivity index is 1.77. The highest BCUT2D eigenvalue weighted by Gasteiger charge is 2.51. The molecule has 2 aliphatic rings. The van der Waals surface area contributed by atoms with Crippen molar-refractivity contribution in [1.29, 1.82) is 0 Å². The summed E-state index contributed by atoms with van der Waals surface area (Å²) in [5.41, 5.74) is 0.194. The van der Waals surface area contributed by atoms with E-state index in [1.807, 2.05) is 0 Å². The van der Waals surface area contributed by atoms with Crippen molar-refractivity contribution in [2.24, 2.45) is 5.92 Å². The Kier molecular flexibility index (Phi) is 3.49. The number of carbonyl (C=O) groups is 2. The number of aliphatic carboxylic acids is 1. The monoisotopic (exact) mass is 312 g/mol. The van der Waals surface area contributed by atoms with Crippen molar-refractivity contribution in [3.8, 4) is 0 Å². The van der Waals surface area contributed by atoms with Gasteiger partial charge < -0.3 is 15.3 Å². The van der Waals surface area contributed by atoms with Crippen LogP contribution in [0.2, 0.25) is 5.02 Å². The molecule has 112 valence electrons. The van der Waals surface area contributed by atoms with Crippen molar-refractivity contribution in [1.82, 2.24) is 4.90 Å². The predicted octanol–water partition coefficient (Wildman–Crippen LogP) is 2.95. The number of carboxylic acid groups (broad SMARTS) is 1. The first-order valence-corrected chi connectivity index (χ1v) is 7.12. The molecular formula is C14H14ClFN2O3. The summed E-state index contributed by atoms with van der Waals surface area (Å²) in [6, 6.07) is 2.94. The number of nitrogens with zero attached hydrogens (tertiary/aromatic N) is 1. The van der Waals surface area contributed by atoms with Gasteiger partial charge in [0.2, 0.25) is 0 Å². The molecule has 5 nitrogen and oxygen atoms in total. The average molecular weight is 313 g/mol. The summed E-state index contributed by atoms with van der Waals surface area (Å²) in [6.45, 7) is 0. The van der Waals surface area contributed by atoms with Gasteiger partial charge >= 0.3 is 12.0 Å². The summed E-state index contributed by atoms with van der Waals surface area (Å²) in [5, 5.41) is 12.0. The maximum atomic E-state index is 13.2. The molecule has 1 aromatic rings. The SMILES string of the molecule is O=C(O)C1CC2CCC1N2C(=O)Nc1cc(F)ccc1Cl. The van der Waals surface area contributed by atoms with E-state index in [4.69, 9.17) is 11.6 Å². The highest BCUT2D eigenvalue weighted by Crippen LogP contribution is 2.42. The van der Waals surface area contributed by atoms with E-state index >= 15 is 0 Å². The van der Waals surface area contributed by atoms with Crippen LogP contribution in [0.1, 0.15) is 19.3 Å². The number of urea groups is 1. The van der Waals surface area contributed by atoms with E-state index in [-0.39, 0.29) is 22.8 Å². The lowest BCUT2D eigenvalue weighted by Gasteiger charge is -2.23. The van der Waals surface area contributed by atoms with Crippen LogP contribution in [0.3, 0.4) is 0 Å². The molecule has 0 radical (unpaired) electrons. The van der Waals surface area contributed by atoms with E-state index in [0.717, 1.165) is 12.5 Å². The average Bonchev–Trinajstić information content (AvgIpc) is 3.00. The summed E-state index contributed by atoms with van der Waals surface area (Å²) in [5.74, 6) is -1.89. The van der Waals surface area contributed by atoms with Crippen LogP contribution in [0.25, 0.3) is 0 Å². The maximum absolute atomic E-state index is 13.2. The standard InChI is InChI=1S/C14H14ClFN2O3/c15-10-3-1-7(16)5-11(10)17-14(21)18-8-2-4-12(18)9(6-8)13(19)20/h1,3,5,8-9,12H,2,4,6H2,(H,17,21)(H,19,20). The van der Waals surface area contributed by atoms with E-state index in [1.54, 1.807) is 4.90 Å². The molecule has 1 aromatic carbocycles. The first-order valence-electron chi connectivity index (χ1n) is 6.74. The lowest BCUT2D eigenvalue weighted by atomic mass is 9.89. The Hall–Kier alpha value is -1.82. The highest BCUT2D eigenvalue weighted by atomic mass is 35.5. The number of rotatable bonds is 2. The van der Waals surface area contributed by atoms with E-state index in [0.29, 0.717) is 12.8 Å². The van der Waals surface area contributed by atoms with Crippen LogP contribution in [-0.4, -0.2) is 34.1 Å². The van der Waals surface area contributed by atoms with Gasteiger partial charge in [-0.05, 0) is 37.5 Å². The molecule has 7 heteroatoms. The highest BCUT2D eigenvalue weighted by molar-refractivity contribution is 6.33. The van der Waals surface area contributed by atoms with E-state index in [1.165, 1.54) is 12.1 Å². The Morgan fingerprint density at radius 2 is 2.14 bits per heavy atom. The van der Waals surface area contributed by atoms with Crippen molar-refractivity contribution in [3.63, 3.8) is 0 Å². The number of carboxylic acids is 1. The molecule has 3 rings (SSSR count). The fourth-order valence-electron chi connectivity index (χ4n) is 3.34. The zero-order valence-electron chi connectivity index (χ0n) is 11.1. The van der Waals surface area contributed by atoms with Gasteiger partial charge in [0.25, 0.3) is 0 Å². The second kappa shape index (κ2) is 5.18. The molecule has 3 unspecified atom stereocenters. The molecule has 2 saturated heterocycles. The van der Waals surface area contributed by atoms with Gasteiger partial charge in [0, 0.05) is 12.1 Å². The quantitative estimate of drug-likeness (QED) is 0.882. The van der Waals surface area contributed by atoms with Crippen LogP contribution in [0.15, 0.2) is 18.2 Å². The predicted molar refractivity (Wildman–Crippen MR) is 74.8 cm³/mol. The van der Waals surface area contributed by atoms with Crippen LogP contribution in [0.5, 0.6) is 0 Å². The second-order valence-corrected chi connectivity index (χ2v) is 5.85. The molecule has 3 atom stereocenters. The van der Waals surface area contributed by atoms with Gasteiger partial charge in [0.1, 0.15) is 5.82 Å². The topological polar surface area (TPSA) is 69.6 Å². The minimum atomic E-state index is -0.871. The summed E-state index contributed by atoms with van der Waals surface area (Å²) in [6.07, 6.45) is 1.97. The zero-order chi connectivity index (χ0) is 15.1. The lowest BCUT2D eigenvalue weighted by Crippen LogP contribution is -2.40. The van der Waals surface area contributed by atoms with E-state index in [9.17, 15) is 19.1 Å². The smallest absolute Gasteiger partial charge is 0.322 e.